The topological polar surface area (TPSA) is 84.3 Å². The molecule has 1 aromatic heterocycles. The van der Waals surface area contributed by atoms with Gasteiger partial charge in [-0.2, -0.15) is 0 Å². The van der Waals surface area contributed by atoms with E-state index < -0.39 is 9.84 Å². The maximum absolute atomic E-state index is 12.3. The van der Waals surface area contributed by atoms with Crippen LogP contribution < -0.4 is 5.32 Å². The van der Waals surface area contributed by atoms with Gasteiger partial charge in [0, 0.05) is 33.1 Å². The molecule has 25 heavy (non-hydrogen) atoms. The molecule has 1 aromatic carbocycles. The average molecular weight is 364 g/mol. The van der Waals surface area contributed by atoms with E-state index in [-0.39, 0.29) is 23.6 Å². The van der Waals surface area contributed by atoms with E-state index in [0.717, 1.165) is 16.9 Å². The first kappa shape index (κ1) is 17.7. The molecule has 1 aliphatic heterocycles. The van der Waals surface area contributed by atoms with Crippen molar-refractivity contribution in [3.8, 4) is 0 Å². The lowest BCUT2D eigenvalue weighted by Gasteiger charge is -2.31. The van der Waals surface area contributed by atoms with E-state index in [0.29, 0.717) is 25.8 Å². The third kappa shape index (κ3) is 3.95. The van der Waals surface area contributed by atoms with Crippen molar-refractivity contribution in [2.45, 2.75) is 25.3 Å². The number of nitrogens with zero attached hydrogens (tertiary/aromatic N) is 3. The van der Waals surface area contributed by atoms with Gasteiger partial charge >= 0.3 is 6.03 Å². The van der Waals surface area contributed by atoms with Crippen LogP contribution in [0.25, 0.3) is 11.0 Å². The Morgan fingerprint density at radius 3 is 2.68 bits per heavy atom. The summed E-state index contributed by atoms with van der Waals surface area (Å²) in [5.74, 6) is 1.25. The molecule has 2 amide bonds. The van der Waals surface area contributed by atoms with E-state index >= 15 is 0 Å². The van der Waals surface area contributed by atoms with E-state index in [2.05, 4.69) is 10.3 Å². The Hall–Kier alpha value is -2.09. The fourth-order valence-electron chi connectivity index (χ4n) is 3.26. The summed E-state index contributed by atoms with van der Waals surface area (Å²) in [5, 5.41) is 2.90. The van der Waals surface area contributed by atoms with Gasteiger partial charge in [0.2, 0.25) is 0 Å². The predicted octanol–water partition coefficient (Wildman–Crippen LogP) is 1.33. The second kappa shape index (κ2) is 7.03. The number of para-hydroxylation sites is 2. The minimum Gasteiger partial charge on any atom is -0.338 e. The molecule has 0 bridgehead atoms. The lowest BCUT2D eigenvalue weighted by atomic mass is 10.1. The normalized spacial score (nSPS) is 17.5. The van der Waals surface area contributed by atoms with Crippen LogP contribution in [0.15, 0.2) is 24.3 Å². The number of carbonyl (C=O) groups excluding carboxylic acids is 1. The van der Waals surface area contributed by atoms with Crippen LogP contribution in [0.1, 0.15) is 18.7 Å². The summed E-state index contributed by atoms with van der Waals surface area (Å²) in [6, 6.07) is 7.76. The molecule has 0 saturated carbocycles. The van der Waals surface area contributed by atoms with Crippen LogP contribution in [0, 0.1) is 0 Å². The Labute approximate surface area is 147 Å². The molecular formula is C17H24N4O3S. The van der Waals surface area contributed by atoms with Crippen LogP contribution in [0.4, 0.5) is 4.79 Å². The maximum atomic E-state index is 12.3. The summed E-state index contributed by atoms with van der Waals surface area (Å²) in [6.07, 6.45) is 1.66. The van der Waals surface area contributed by atoms with Gasteiger partial charge in [0.25, 0.3) is 0 Å². The Morgan fingerprint density at radius 1 is 1.32 bits per heavy atom. The van der Waals surface area contributed by atoms with Crippen molar-refractivity contribution in [2.24, 2.45) is 7.05 Å². The van der Waals surface area contributed by atoms with E-state index in [1.165, 1.54) is 0 Å². The quantitative estimate of drug-likeness (QED) is 0.887. The summed E-state index contributed by atoms with van der Waals surface area (Å²) in [4.78, 5) is 18.5. The number of fused-ring (bicyclic) bond motifs is 1. The zero-order valence-corrected chi connectivity index (χ0v) is 15.4. The van der Waals surface area contributed by atoms with Crippen LogP contribution in [-0.4, -0.2) is 60.0 Å². The highest BCUT2D eigenvalue weighted by Crippen LogP contribution is 2.17. The minimum absolute atomic E-state index is 0.0146. The zero-order chi connectivity index (χ0) is 18.0. The fraction of sp³-hybridized carbons (Fsp3) is 0.529. The number of amides is 2. The molecule has 0 aliphatic carbocycles. The molecule has 1 fully saturated rings. The molecule has 2 aromatic rings. The van der Waals surface area contributed by atoms with Gasteiger partial charge in [-0.3, -0.25) is 0 Å². The number of carbonyl (C=O) groups is 1. The first-order valence-corrected chi connectivity index (χ1v) is 10.3. The molecule has 0 spiro atoms. The summed E-state index contributed by atoms with van der Waals surface area (Å²) >= 11 is 0. The van der Waals surface area contributed by atoms with Crippen molar-refractivity contribution < 1.29 is 13.2 Å². The Morgan fingerprint density at radius 2 is 2.00 bits per heavy atom. The fourth-order valence-corrected chi connectivity index (χ4v) is 4.72. The molecule has 0 atom stereocenters. The lowest BCUT2D eigenvalue weighted by Crippen LogP contribution is -2.47. The number of rotatable bonds is 4. The molecule has 0 radical (unpaired) electrons. The van der Waals surface area contributed by atoms with Gasteiger partial charge in [0.1, 0.15) is 15.7 Å². The van der Waals surface area contributed by atoms with Crippen LogP contribution in [0.5, 0.6) is 0 Å². The molecule has 136 valence electrons. The van der Waals surface area contributed by atoms with Crippen LogP contribution in [0.3, 0.4) is 0 Å². The van der Waals surface area contributed by atoms with E-state index in [1.807, 2.05) is 35.9 Å². The zero-order valence-electron chi connectivity index (χ0n) is 14.6. The highest BCUT2D eigenvalue weighted by Gasteiger charge is 2.28. The average Bonchev–Trinajstić information content (AvgIpc) is 2.91. The summed E-state index contributed by atoms with van der Waals surface area (Å²) in [5.41, 5.74) is 2.02. The summed E-state index contributed by atoms with van der Waals surface area (Å²) in [7, 11) is 0.788. The molecule has 8 heteroatoms. The minimum atomic E-state index is -2.91. The van der Waals surface area contributed by atoms with Gasteiger partial charge in [-0.1, -0.05) is 12.1 Å². The molecule has 3 rings (SSSR count). The number of nitrogens with one attached hydrogen (secondary N) is 1. The van der Waals surface area contributed by atoms with Crippen molar-refractivity contribution in [1.82, 2.24) is 19.8 Å². The van der Waals surface area contributed by atoms with Crippen LogP contribution >= 0.6 is 0 Å². The molecule has 1 N–H and O–H groups in total. The summed E-state index contributed by atoms with van der Waals surface area (Å²) in [6.45, 7) is 0.491. The first-order valence-electron chi connectivity index (χ1n) is 8.49. The number of imidazole rings is 1. The van der Waals surface area contributed by atoms with Gasteiger partial charge < -0.3 is 14.8 Å². The number of aromatic nitrogens is 2. The van der Waals surface area contributed by atoms with Gasteiger partial charge in [-0.15, -0.1) is 0 Å². The molecule has 0 unspecified atom stereocenters. The van der Waals surface area contributed by atoms with Crippen molar-refractivity contribution >= 4 is 26.9 Å². The van der Waals surface area contributed by atoms with E-state index in [9.17, 15) is 13.2 Å². The van der Waals surface area contributed by atoms with Gasteiger partial charge in [0.05, 0.1) is 22.5 Å². The molecule has 2 heterocycles. The Bertz CT molecular complexity index is 861. The standard InChI is InChI=1S/C17H24N4O3S/c1-20(13-8-11-25(23,24)12-9-13)17(22)18-10-7-16-19-14-5-3-4-6-15(14)21(16)2/h3-6,13H,7-12H2,1-2H3,(H,18,22). The highest BCUT2D eigenvalue weighted by molar-refractivity contribution is 7.91. The lowest BCUT2D eigenvalue weighted by molar-refractivity contribution is 0.186. The molecule has 7 nitrogen and oxygen atoms in total. The molecular weight excluding hydrogens is 340 g/mol. The van der Waals surface area contributed by atoms with E-state index in [1.54, 1.807) is 11.9 Å². The number of benzene rings is 1. The number of aryl methyl sites for hydroxylation is 1. The first-order chi connectivity index (χ1) is 11.9. The number of urea groups is 1. The number of hydrogen-bond acceptors (Lipinski definition) is 4. The largest absolute Gasteiger partial charge is 0.338 e. The van der Waals surface area contributed by atoms with Crippen molar-refractivity contribution in [3.05, 3.63) is 30.1 Å². The maximum Gasteiger partial charge on any atom is 0.317 e. The number of sulfone groups is 1. The summed E-state index contributed by atoms with van der Waals surface area (Å²) < 4.78 is 25.0. The van der Waals surface area contributed by atoms with Crippen molar-refractivity contribution in [1.29, 1.82) is 0 Å². The highest BCUT2D eigenvalue weighted by atomic mass is 32.2. The second-order valence-electron chi connectivity index (χ2n) is 6.55. The van der Waals surface area contributed by atoms with Gasteiger partial charge in [-0.25, -0.2) is 18.2 Å². The Balaban J connectivity index is 1.52. The van der Waals surface area contributed by atoms with Crippen LogP contribution in [-0.2, 0) is 23.3 Å². The van der Waals surface area contributed by atoms with Crippen LogP contribution in [0.2, 0.25) is 0 Å². The third-order valence-electron chi connectivity index (χ3n) is 4.90. The smallest absolute Gasteiger partial charge is 0.317 e. The van der Waals surface area contributed by atoms with Crippen molar-refractivity contribution in [2.75, 3.05) is 25.1 Å². The third-order valence-corrected chi connectivity index (χ3v) is 6.61. The second-order valence-corrected chi connectivity index (χ2v) is 8.86. The SMILES string of the molecule is CN(C(=O)NCCc1nc2ccccc2n1C)C1CCS(=O)(=O)CC1. The molecule has 1 saturated heterocycles. The van der Waals surface area contributed by atoms with Crippen molar-refractivity contribution in [3.63, 3.8) is 0 Å². The molecule has 1 aliphatic rings. The predicted molar refractivity (Wildman–Crippen MR) is 97.3 cm³/mol. The van der Waals surface area contributed by atoms with Gasteiger partial charge in [-0.05, 0) is 25.0 Å². The number of hydrogen-bond donors (Lipinski definition) is 1. The van der Waals surface area contributed by atoms with Gasteiger partial charge in [0.15, 0.2) is 0 Å². The van der Waals surface area contributed by atoms with E-state index in [4.69, 9.17) is 0 Å². The Kier molecular flexibility index (Phi) is 4.99. The monoisotopic (exact) mass is 364 g/mol.